The molecule has 0 saturated heterocycles. The largest absolute Gasteiger partial charge is 0.309 e. The number of benzene rings is 1. The number of hydrogen-bond acceptors (Lipinski definition) is 3. The van der Waals surface area contributed by atoms with E-state index in [0.29, 0.717) is 5.41 Å². The predicted molar refractivity (Wildman–Crippen MR) is 99.1 cm³/mol. The number of likely N-dealkylation sites (N-methyl/N-ethyl adjacent to an activating group) is 1. The Morgan fingerprint density at radius 1 is 1.00 bits per heavy atom. The second-order valence-corrected chi connectivity index (χ2v) is 7.19. The summed E-state index contributed by atoms with van der Waals surface area (Å²) >= 11 is 0. The fourth-order valence-electron chi connectivity index (χ4n) is 3.85. The molecule has 0 bridgehead atoms. The SMILES string of the molecule is CN(C)CC1(c2ccc3ccc(-c4ccccn4)nc3c2)CCC1. The summed E-state index contributed by atoms with van der Waals surface area (Å²) in [4.78, 5) is 11.6. The van der Waals surface area contributed by atoms with Gasteiger partial charge < -0.3 is 4.90 Å². The van der Waals surface area contributed by atoms with Crippen molar-refractivity contribution in [2.75, 3.05) is 20.6 Å². The van der Waals surface area contributed by atoms with Gasteiger partial charge in [0.1, 0.15) is 0 Å². The molecule has 0 spiro atoms. The lowest BCUT2D eigenvalue weighted by molar-refractivity contribution is 0.177. The molecule has 0 aliphatic heterocycles. The summed E-state index contributed by atoms with van der Waals surface area (Å²) in [6.07, 6.45) is 5.69. The van der Waals surface area contributed by atoms with Crippen LogP contribution < -0.4 is 0 Å². The number of pyridine rings is 2. The van der Waals surface area contributed by atoms with Gasteiger partial charge in [-0.05, 0) is 56.8 Å². The maximum atomic E-state index is 4.88. The molecule has 0 amide bonds. The van der Waals surface area contributed by atoms with Crippen LogP contribution in [0.25, 0.3) is 22.3 Å². The van der Waals surface area contributed by atoms with E-state index in [0.717, 1.165) is 23.4 Å². The van der Waals surface area contributed by atoms with Crippen LogP contribution in [0.4, 0.5) is 0 Å². The number of fused-ring (bicyclic) bond motifs is 1. The predicted octanol–water partition coefficient (Wildman–Crippen LogP) is 4.28. The molecule has 1 aromatic carbocycles. The zero-order valence-corrected chi connectivity index (χ0v) is 14.4. The fraction of sp³-hybridized carbons (Fsp3) is 0.333. The molecule has 0 atom stereocenters. The average molecular weight is 317 g/mol. The van der Waals surface area contributed by atoms with Crippen LogP contribution in [0.1, 0.15) is 24.8 Å². The van der Waals surface area contributed by atoms with Gasteiger partial charge in [0.25, 0.3) is 0 Å². The number of rotatable bonds is 4. The molecule has 3 nitrogen and oxygen atoms in total. The van der Waals surface area contributed by atoms with Gasteiger partial charge in [-0.15, -0.1) is 0 Å². The minimum atomic E-state index is 0.306. The van der Waals surface area contributed by atoms with Crippen LogP contribution in [-0.2, 0) is 5.41 Å². The van der Waals surface area contributed by atoms with Crippen molar-refractivity contribution in [2.24, 2.45) is 0 Å². The molecule has 1 aliphatic rings. The second kappa shape index (κ2) is 5.99. The molecule has 24 heavy (non-hydrogen) atoms. The highest BCUT2D eigenvalue weighted by atomic mass is 15.1. The Bertz CT molecular complexity index is 851. The molecule has 2 heterocycles. The third kappa shape index (κ3) is 2.69. The van der Waals surface area contributed by atoms with Gasteiger partial charge in [-0.1, -0.05) is 30.7 Å². The lowest BCUT2D eigenvalue weighted by Gasteiger charge is -2.44. The summed E-state index contributed by atoms with van der Waals surface area (Å²) in [6.45, 7) is 1.11. The van der Waals surface area contributed by atoms with Gasteiger partial charge in [0, 0.05) is 23.5 Å². The summed E-state index contributed by atoms with van der Waals surface area (Å²) < 4.78 is 0. The molecule has 4 rings (SSSR count). The molecule has 1 aliphatic carbocycles. The zero-order valence-electron chi connectivity index (χ0n) is 14.4. The van der Waals surface area contributed by atoms with Gasteiger partial charge in [0.05, 0.1) is 16.9 Å². The molecule has 3 aromatic rings. The van der Waals surface area contributed by atoms with Crippen LogP contribution in [0.15, 0.2) is 54.7 Å². The van der Waals surface area contributed by atoms with E-state index in [1.54, 1.807) is 0 Å². The van der Waals surface area contributed by atoms with Crippen LogP contribution in [0.2, 0.25) is 0 Å². The van der Waals surface area contributed by atoms with Crippen molar-refractivity contribution in [1.82, 2.24) is 14.9 Å². The Morgan fingerprint density at radius 3 is 2.50 bits per heavy atom. The van der Waals surface area contributed by atoms with Crippen molar-refractivity contribution in [3.8, 4) is 11.4 Å². The van der Waals surface area contributed by atoms with Crippen LogP contribution >= 0.6 is 0 Å². The number of aromatic nitrogens is 2. The second-order valence-electron chi connectivity index (χ2n) is 7.19. The quantitative estimate of drug-likeness (QED) is 0.719. The Balaban J connectivity index is 1.77. The molecule has 3 heteroatoms. The van der Waals surface area contributed by atoms with E-state index in [1.807, 2.05) is 24.4 Å². The third-order valence-electron chi connectivity index (χ3n) is 5.16. The first-order chi connectivity index (χ1) is 11.7. The van der Waals surface area contributed by atoms with Crippen molar-refractivity contribution in [3.63, 3.8) is 0 Å². The van der Waals surface area contributed by atoms with Crippen molar-refractivity contribution in [3.05, 3.63) is 60.3 Å². The van der Waals surface area contributed by atoms with Crippen LogP contribution in [-0.4, -0.2) is 35.5 Å². The third-order valence-corrected chi connectivity index (χ3v) is 5.16. The fourth-order valence-corrected chi connectivity index (χ4v) is 3.85. The Labute approximate surface area is 143 Å². The monoisotopic (exact) mass is 317 g/mol. The Morgan fingerprint density at radius 2 is 1.83 bits per heavy atom. The van der Waals surface area contributed by atoms with Crippen molar-refractivity contribution >= 4 is 10.9 Å². The van der Waals surface area contributed by atoms with Crippen molar-refractivity contribution < 1.29 is 0 Å². The van der Waals surface area contributed by atoms with E-state index < -0.39 is 0 Å². The first kappa shape index (κ1) is 15.3. The molecule has 1 saturated carbocycles. The normalized spacial score (nSPS) is 16.3. The highest BCUT2D eigenvalue weighted by molar-refractivity contribution is 5.82. The van der Waals surface area contributed by atoms with Gasteiger partial charge in [-0.3, -0.25) is 4.98 Å². The molecule has 1 fully saturated rings. The van der Waals surface area contributed by atoms with E-state index in [2.05, 4.69) is 54.3 Å². The van der Waals surface area contributed by atoms with Gasteiger partial charge in [-0.25, -0.2) is 4.98 Å². The summed E-state index contributed by atoms with van der Waals surface area (Å²) in [5.41, 5.74) is 4.67. The van der Waals surface area contributed by atoms with E-state index >= 15 is 0 Å². The zero-order chi connectivity index (χ0) is 16.6. The molecular formula is C21H23N3. The summed E-state index contributed by atoms with van der Waals surface area (Å²) in [5, 5.41) is 1.19. The maximum absolute atomic E-state index is 4.88. The Hall–Kier alpha value is -2.26. The highest BCUT2D eigenvalue weighted by Crippen LogP contribution is 2.44. The van der Waals surface area contributed by atoms with Gasteiger partial charge in [0.2, 0.25) is 0 Å². The molecule has 2 aromatic heterocycles. The van der Waals surface area contributed by atoms with Crippen LogP contribution in [0.3, 0.4) is 0 Å². The van der Waals surface area contributed by atoms with E-state index in [4.69, 9.17) is 4.98 Å². The summed E-state index contributed by atoms with van der Waals surface area (Å²) in [5.74, 6) is 0. The minimum Gasteiger partial charge on any atom is -0.309 e. The molecular weight excluding hydrogens is 294 g/mol. The lowest BCUT2D eigenvalue weighted by atomic mass is 9.64. The Kier molecular flexibility index (Phi) is 3.81. The van der Waals surface area contributed by atoms with Gasteiger partial charge >= 0.3 is 0 Å². The van der Waals surface area contributed by atoms with Crippen LogP contribution in [0, 0.1) is 0 Å². The van der Waals surface area contributed by atoms with E-state index in [9.17, 15) is 0 Å². The number of hydrogen-bond donors (Lipinski definition) is 0. The van der Waals surface area contributed by atoms with E-state index in [1.165, 1.54) is 30.2 Å². The molecule has 122 valence electrons. The average Bonchev–Trinajstić information content (AvgIpc) is 2.58. The molecule has 0 radical (unpaired) electrons. The topological polar surface area (TPSA) is 29.0 Å². The first-order valence-corrected chi connectivity index (χ1v) is 8.64. The first-order valence-electron chi connectivity index (χ1n) is 8.64. The maximum Gasteiger partial charge on any atom is 0.0893 e. The standard InChI is InChI=1S/C21H23N3/c1-24(2)15-21(11-5-12-21)17-9-7-16-8-10-19(23-20(16)14-17)18-6-3-4-13-22-18/h3-4,6-10,13-14H,5,11-12,15H2,1-2H3. The summed E-state index contributed by atoms with van der Waals surface area (Å²) in [7, 11) is 4.33. The lowest BCUT2D eigenvalue weighted by Crippen LogP contribution is -2.43. The molecule has 0 unspecified atom stereocenters. The summed E-state index contributed by atoms with van der Waals surface area (Å²) in [6, 6.07) is 17.0. The van der Waals surface area contributed by atoms with E-state index in [-0.39, 0.29) is 0 Å². The van der Waals surface area contributed by atoms with Crippen LogP contribution in [0.5, 0.6) is 0 Å². The van der Waals surface area contributed by atoms with Gasteiger partial charge in [-0.2, -0.15) is 0 Å². The van der Waals surface area contributed by atoms with Gasteiger partial charge in [0.15, 0.2) is 0 Å². The number of nitrogens with zero attached hydrogens (tertiary/aromatic N) is 3. The molecule has 0 N–H and O–H groups in total. The minimum absolute atomic E-state index is 0.306. The van der Waals surface area contributed by atoms with Crippen molar-refractivity contribution in [2.45, 2.75) is 24.7 Å². The van der Waals surface area contributed by atoms with Crippen molar-refractivity contribution in [1.29, 1.82) is 0 Å². The smallest absolute Gasteiger partial charge is 0.0893 e. The highest BCUT2D eigenvalue weighted by Gasteiger charge is 2.39.